The molecule has 3 N–H and O–H groups in total. The molecule has 0 radical (unpaired) electrons. The van der Waals surface area contributed by atoms with E-state index < -0.39 is 0 Å². The molecule has 2 fully saturated rings. The molecule has 0 aromatic carbocycles. The average Bonchev–Trinajstić information content (AvgIpc) is 2.84. The monoisotopic (exact) mass is 289 g/mol. The van der Waals surface area contributed by atoms with Crippen LogP contribution in [-0.2, 0) is 9.59 Å². The van der Waals surface area contributed by atoms with E-state index in [0.717, 1.165) is 32.1 Å². The van der Waals surface area contributed by atoms with E-state index in [9.17, 15) is 9.59 Å². The lowest BCUT2D eigenvalue weighted by Gasteiger charge is -2.33. The molecule has 1 heterocycles. The SMILES string of the molecule is CN1CC(NC(=O)C2(CN)CCCC2)CCC1=O.Cl. The summed E-state index contributed by atoms with van der Waals surface area (Å²) in [6.07, 6.45) is 5.25. The normalized spacial score (nSPS) is 25.9. The van der Waals surface area contributed by atoms with Gasteiger partial charge in [0.05, 0.1) is 5.41 Å². The largest absolute Gasteiger partial charge is 0.351 e. The molecule has 2 amide bonds. The zero-order chi connectivity index (χ0) is 13.2. The molecule has 0 aromatic rings. The van der Waals surface area contributed by atoms with Gasteiger partial charge in [0.15, 0.2) is 0 Å². The van der Waals surface area contributed by atoms with Crippen molar-refractivity contribution in [2.75, 3.05) is 20.1 Å². The fourth-order valence-electron chi connectivity index (χ4n) is 3.04. The molecule has 0 aromatic heterocycles. The molecule has 19 heavy (non-hydrogen) atoms. The van der Waals surface area contributed by atoms with E-state index in [-0.39, 0.29) is 35.7 Å². The van der Waals surface area contributed by atoms with Crippen molar-refractivity contribution in [1.29, 1.82) is 0 Å². The van der Waals surface area contributed by atoms with Crippen molar-refractivity contribution >= 4 is 24.2 Å². The molecule has 2 aliphatic rings. The standard InChI is InChI=1S/C13H23N3O2.ClH/c1-16-8-10(4-5-11(16)17)15-12(18)13(9-14)6-2-3-7-13;/h10H,2-9,14H2,1H3,(H,15,18);1H. The minimum Gasteiger partial charge on any atom is -0.351 e. The third kappa shape index (κ3) is 3.39. The van der Waals surface area contributed by atoms with Gasteiger partial charge in [0.25, 0.3) is 0 Å². The molecule has 1 saturated heterocycles. The number of halogens is 1. The third-order valence-corrected chi connectivity index (χ3v) is 4.39. The van der Waals surface area contributed by atoms with Gasteiger partial charge in [-0.25, -0.2) is 0 Å². The van der Waals surface area contributed by atoms with Crippen molar-refractivity contribution in [3.63, 3.8) is 0 Å². The Labute approximate surface area is 120 Å². The van der Waals surface area contributed by atoms with Crippen LogP contribution in [0.25, 0.3) is 0 Å². The lowest BCUT2D eigenvalue weighted by atomic mass is 9.85. The first-order chi connectivity index (χ1) is 8.57. The van der Waals surface area contributed by atoms with Gasteiger partial charge in [-0.1, -0.05) is 12.8 Å². The minimum atomic E-state index is -0.347. The number of hydrogen-bond donors (Lipinski definition) is 2. The number of hydrogen-bond acceptors (Lipinski definition) is 3. The summed E-state index contributed by atoms with van der Waals surface area (Å²) in [5.74, 6) is 0.255. The zero-order valence-corrected chi connectivity index (χ0v) is 12.3. The van der Waals surface area contributed by atoms with E-state index in [0.29, 0.717) is 19.5 Å². The van der Waals surface area contributed by atoms with E-state index >= 15 is 0 Å². The first kappa shape index (κ1) is 16.2. The van der Waals surface area contributed by atoms with Crippen molar-refractivity contribution < 1.29 is 9.59 Å². The summed E-state index contributed by atoms with van der Waals surface area (Å²) in [4.78, 5) is 25.4. The van der Waals surface area contributed by atoms with Gasteiger partial charge in [-0.2, -0.15) is 0 Å². The van der Waals surface area contributed by atoms with Crippen molar-refractivity contribution in [1.82, 2.24) is 10.2 Å². The number of piperidine rings is 1. The van der Waals surface area contributed by atoms with Gasteiger partial charge in [0.1, 0.15) is 0 Å². The van der Waals surface area contributed by atoms with Gasteiger partial charge in [-0.3, -0.25) is 9.59 Å². The van der Waals surface area contributed by atoms with Crippen LogP contribution >= 0.6 is 12.4 Å². The second-order valence-corrected chi connectivity index (χ2v) is 5.67. The second kappa shape index (κ2) is 6.57. The number of likely N-dealkylation sites (N-methyl/N-ethyl adjacent to an activating group) is 1. The van der Waals surface area contributed by atoms with Crippen LogP contribution in [-0.4, -0.2) is 42.9 Å². The van der Waals surface area contributed by atoms with Crippen LogP contribution in [0.2, 0.25) is 0 Å². The van der Waals surface area contributed by atoms with Crippen LogP contribution in [0.5, 0.6) is 0 Å². The van der Waals surface area contributed by atoms with Gasteiger partial charge >= 0.3 is 0 Å². The Bertz CT molecular complexity index is 343. The highest BCUT2D eigenvalue weighted by Crippen LogP contribution is 2.37. The fourth-order valence-corrected chi connectivity index (χ4v) is 3.04. The number of nitrogens with one attached hydrogen (secondary N) is 1. The van der Waals surface area contributed by atoms with Gasteiger partial charge in [-0.15, -0.1) is 12.4 Å². The smallest absolute Gasteiger partial charge is 0.227 e. The number of carbonyl (C=O) groups excluding carboxylic acids is 2. The quantitative estimate of drug-likeness (QED) is 0.802. The third-order valence-electron chi connectivity index (χ3n) is 4.39. The van der Waals surface area contributed by atoms with E-state index in [2.05, 4.69) is 5.32 Å². The molecule has 1 aliphatic heterocycles. The average molecular weight is 290 g/mol. The summed E-state index contributed by atoms with van der Waals surface area (Å²) < 4.78 is 0. The molecule has 1 unspecified atom stereocenters. The Morgan fingerprint density at radius 3 is 2.63 bits per heavy atom. The fraction of sp³-hybridized carbons (Fsp3) is 0.846. The van der Waals surface area contributed by atoms with Crippen LogP contribution < -0.4 is 11.1 Å². The van der Waals surface area contributed by atoms with Crippen LogP contribution in [0, 0.1) is 5.41 Å². The lowest BCUT2D eigenvalue weighted by molar-refractivity contribution is -0.136. The molecule has 0 bridgehead atoms. The predicted molar refractivity (Wildman–Crippen MR) is 76.0 cm³/mol. The highest BCUT2D eigenvalue weighted by molar-refractivity contribution is 5.85. The molecule has 1 atom stereocenters. The summed E-state index contributed by atoms with van der Waals surface area (Å²) in [5.41, 5.74) is 5.45. The zero-order valence-electron chi connectivity index (χ0n) is 11.5. The Morgan fingerprint density at radius 2 is 2.11 bits per heavy atom. The molecule has 110 valence electrons. The van der Waals surface area contributed by atoms with Crippen LogP contribution in [0.15, 0.2) is 0 Å². The van der Waals surface area contributed by atoms with Gasteiger partial charge in [-0.05, 0) is 19.3 Å². The summed E-state index contributed by atoms with van der Waals surface area (Å²) >= 11 is 0. The van der Waals surface area contributed by atoms with E-state index in [4.69, 9.17) is 5.73 Å². The number of nitrogens with two attached hydrogens (primary N) is 1. The summed E-state index contributed by atoms with van der Waals surface area (Å²) in [5, 5.41) is 3.09. The minimum absolute atomic E-state index is 0. The number of likely N-dealkylation sites (tertiary alicyclic amines) is 1. The Kier molecular flexibility index (Phi) is 5.62. The van der Waals surface area contributed by atoms with Crippen molar-refractivity contribution in [2.45, 2.75) is 44.6 Å². The first-order valence-corrected chi connectivity index (χ1v) is 6.82. The highest BCUT2D eigenvalue weighted by atomic mass is 35.5. The molecule has 2 rings (SSSR count). The first-order valence-electron chi connectivity index (χ1n) is 6.82. The van der Waals surface area contributed by atoms with Crippen molar-refractivity contribution in [3.05, 3.63) is 0 Å². The van der Waals surface area contributed by atoms with Crippen molar-refractivity contribution in [3.8, 4) is 0 Å². The van der Waals surface area contributed by atoms with Crippen molar-refractivity contribution in [2.24, 2.45) is 11.1 Å². The lowest BCUT2D eigenvalue weighted by Crippen LogP contribution is -2.53. The van der Waals surface area contributed by atoms with Gasteiger partial charge < -0.3 is 16.0 Å². The van der Waals surface area contributed by atoms with E-state index in [1.807, 2.05) is 0 Å². The summed E-state index contributed by atoms with van der Waals surface area (Å²) in [6.45, 7) is 1.05. The van der Waals surface area contributed by atoms with Crippen LogP contribution in [0.3, 0.4) is 0 Å². The molecule has 5 nitrogen and oxygen atoms in total. The number of amides is 2. The maximum Gasteiger partial charge on any atom is 0.227 e. The maximum absolute atomic E-state index is 12.4. The molecule has 1 saturated carbocycles. The topological polar surface area (TPSA) is 75.4 Å². The number of rotatable bonds is 3. The molecule has 1 aliphatic carbocycles. The highest BCUT2D eigenvalue weighted by Gasteiger charge is 2.40. The molecule has 0 spiro atoms. The molecular weight excluding hydrogens is 266 g/mol. The summed E-state index contributed by atoms with van der Waals surface area (Å²) in [6, 6.07) is 0.0872. The Morgan fingerprint density at radius 1 is 1.47 bits per heavy atom. The molecular formula is C13H24ClN3O2. The second-order valence-electron chi connectivity index (χ2n) is 5.67. The predicted octanol–water partition coefficient (Wildman–Crippen LogP) is 0.664. The number of carbonyl (C=O) groups is 2. The molecule has 6 heteroatoms. The number of nitrogens with zero attached hydrogens (tertiary/aromatic N) is 1. The Balaban J connectivity index is 0.00000180. The van der Waals surface area contributed by atoms with E-state index in [1.54, 1.807) is 11.9 Å². The van der Waals surface area contributed by atoms with Crippen LogP contribution in [0.4, 0.5) is 0 Å². The van der Waals surface area contributed by atoms with E-state index in [1.165, 1.54) is 0 Å². The van der Waals surface area contributed by atoms with Gasteiger partial charge in [0, 0.05) is 32.6 Å². The van der Waals surface area contributed by atoms with Gasteiger partial charge in [0.2, 0.25) is 11.8 Å². The Hall–Kier alpha value is -0.810. The summed E-state index contributed by atoms with van der Waals surface area (Å²) in [7, 11) is 1.79. The maximum atomic E-state index is 12.4. The van der Waals surface area contributed by atoms with Crippen LogP contribution in [0.1, 0.15) is 38.5 Å².